The van der Waals surface area contributed by atoms with Crippen LogP contribution >= 0.6 is 22.9 Å². The van der Waals surface area contributed by atoms with E-state index in [-0.39, 0.29) is 11.7 Å². The Morgan fingerprint density at radius 2 is 1.77 bits per heavy atom. The maximum absolute atomic E-state index is 13.4. The molecule has 2 fully saturated rings. The first-order valence-corrected chi connectivity index (χ1v) is 13.0. The van der Waals surface area contributed by atoms with Crippen LogP contribution in [0.4, 0.5) is 0 Å². The Bertz CT molecular complexity index is 1430. The van der Waals surface area contributed by atoms with Gasteiger partial charge in [0.05, 0.1) is 18.3 Å². The number of thiophene rings is 1. The van der Waals surface area contributed by atoms with Gasteiger partial charge in [-0.2, -0.15) is 0 Å². The summed E-state index contributed by atoms with van der Waals surface area (Å²) in [6.07, 6.45) is 6.32. The lowest BCUT2D eigenvalue weighted by molar-refractivity contribution is 0.0643. The summed E-state index contributed by atoms with van der Waals surface area (Å²) in [5, 5.41) is 0.680. The van der Waals surface area contributed by atoms with Crippen molar-refractivity contribution in [1.82, 2.24) is 14.5 Å². The molecule has 0 aliphatic carbocycles. The number of rotatable bonds is 5. The Balaban J connectivity index is 1.30. The number of halogens is 1. The fraction of sp³-hybridized carbons (Fsp3) is 0.333. The lowest BCUT2D eigenvalue weighted by atomic mass is 10.0. The first-order chi connectivity index (χ1) is 17.0. The molecule has 4 aromatic rings. The van der Waals surface area contributed by atoms with Crippen molar-refractivity contribution in [2.24, 2.45) is 0 Å². The third-order valence-electron chi connectivity index (χ3n) is 7.34. The van der Waals surface area contributed by atoms with Crippen molar-refractivity contribution in [3.63, 3.8) is 0 Å². The SMILES string of the molecule is COc1cc(-n2cnc3cc(-c4ccc(Cl)cc4)sc3c2=O)ccc1O[C@H]1C[C@H]2CC[C@@H](C1)N2C. The minimum atomic E-state index is -0.108. The number of hydrogen-bond acceptors (Lipinski definition) is 6. The van der Waals surface area contributed by atoms with Crippen LogP contribution in [0, 0.1) is 0 Å². The van der Waals surface area contributed by atoms with E-state index in [0.717, 1.165) is 23.3 Å². The van der Waals surface area contributed by atoms with Crippen LogP contribution in [0.1, 0.15) is 25.7 Å². The van der Waals surface area contributed by atoms with Gasteiger partial charge in [-0.25, -0.2) is 4.98 Å². The second-order valence-corrected chi connectivity index (χ2v) is 10.8. The lowest BCUT2D eigenvalue weighted by Gasteiger charge is -2.36. The Kier molecular flexibility index (Phi) is 5.79. The standard InChI is InChI=1S/C27H26ClN3O3S/c1-30-18-7-8-19(30)12-21(11-18)34-23-10-9-20(13-24(23)33-2)31-15-29-22-14-25(35-26(22)27(31)32)16-3-5-17(28)6-4-16/h3-6,9-10,13-15,18-19,21H,7-8,11-12H2,1-2H3/t18-,19+,21+. The summed E-state index contributed by atoms with van der Waals surface area (Å²) in [6, 6.07) is 16.4. The molecule has 3 atom stereocenters. The number of piperidine rings is 1. The Morgan fingerprint density at radius 3 is 2.49 bits per heavy atom. The molecule has 180 valence electrons. The van der Waals surface area contributed by atoms with Gasteiger partial charge in [-0.1, -0.05) is 23.7 Å². The second-order valence-electron chi connectivity index (χ2n) is 9.35. The predicted octanol–water partition coefficient (Wildman–Crippen LogP) is 5.78. The fourth-order valence-electron chi connectivity index (χ4n) is 5.39. The van der Waals surface area contributed by atoms with Crippen molar-refractivity contribution in [3.05, 3.63) is 70.2 Å². The van der Waals surface area contributed by atoms with E-state index in [4.69, 9.17) is 21.1 Å². The number of ether oxygens (including phenoxy) is 2. The van der Waals surface area contributed by atoms with E-state index in [0.29, 0.717) is 44.5 Å². The van der Waals surface area contributed by atoms with Gasteiger partial charge in [-0.05, 0) is 68.6 Å². The zero-order valence-electron chi connectivity index (χ0n) is 19.6. The summed E-state index contributed by atoms with van der Waals surface area (Å²) in [4.78, 5) is 21.4. The van der Waals surface area contributed by atoms with E-state index in [9.17, 15) is 4.79 Å². The van der Waals surface area contributed by atoms with Crippen molar-refractivity contribution in [1.29, 1.82) is 0 Å². The van der Waals surface area contributed by atoms with Gasteiger partial charge < -0.3 is 14.4 Å². The zero-order chi connectivity index (χ0) is 24.1. The van der Waals surface area contributed by atoms with Crippen LogP contribution in [-0.4, -0.2) is 46.8 Å². The van der Waals surface area contributed by atoms with E-state index in [1.54, 1.807) is 18.0 Å². The highest BCUT2D eigenvalue weighted by molar-refractivity contribution is 7.22. The Labute approximate surface area is 212 Å². The second kappa shape index (κ2) is 8.97. The van der Waals surface area contributed by atoms with Gasteiger partial charge >= 0.3 is 0 Å². The smallest absolute Gasteiger partial charge is 0.275 e. The maximum Gasteiger partial charge on any atom is 0.275 e. The molecule has 2 aliphatic heterocycles. The van der Waals surface area contributed by atoms with Crippen molar-refractivity contribution in [2.45, 2.75) is 43.9 Å². The number of benzene rings is 2. The molecule has 6 nitrogen and oxygen atoms in total. The molecule has 0 radical (unpaired) electrons. The largest absolute Gasteiger partial charge is 0.493 e. The Morgan fingerprint density at radius 1 is 1.03 bits per heavy atom. The van der Waals surface area contributed by atoms with E-state index in [1.807, 2.05) is 48.5 Å². The van der Waals surface area contributed by atoms with Crippen LogP contribution in [0.2, 0.25) is 5.02 Å². The van der Waals surface area contributed by atoms with Gasteiger partial charge in [-0.3, -0.25) is 9.36 Å². The molecule has 2 aromatic carbocycles. The highest BCUT2D eigenvalue weighted by Crippen LogP contribution is 2.38. The third kappa shape index (κ3) is 4.11. The van der Waals surface area contributed by atoms with Gasteiger partial charge in [0.25, 0.3) is 5.56 Å². The van der Waals surface area contributed by atoms with Crippen molar-refractivity contribution >= 4 is 33.2 Å². The van der Waals surface area contributed by atoms with Crippen LogP contribution in [0.25, 0.3) is 26.3 Å². The average molecular weight is 508 g/mol. The van der Waals surface area contributed by atoms with Crippen molar-refractivity contribution in [3.8, 4) is 27.6 Å². The van der Waals surface area contributed by atoms with Gasteiger partial charge in [0.15, 0.2) is 11.5 Å². The molecule has 2 aromatic heterocycles. The Hall–Kier alpha value is -2.87. The normalized spacial score (nSPS) is 22.0. The molecule has 0 saturated carbocycles. The molecule has 0 N–H and O–H groups in total. The minimum absolute atomic E-state index is 0.108. The summed E-state index contributed by atoms with van der Waals surface area (Å²) < 4.78 is 14.2. The molecular weight excluding hydrogens is 482 g/mol. The first kappa shape index (κ1) is 22.6. The highest BCUT2D eigenvalue weighted by Gasteiger charge is 2.39. The molecule has 8 heteroatoms. The molecule has 2 bridgehead atoms. The number of nitrogens with zero attached hydrogens (tertiary/aromatic N) is 3. The van der Waals surface area contributed by atoms with E-state index >= 15 is 0 Å². The van der Waals surface area contributed by atoms with E-state index in [2.05, 4.69) is 16.9 Å². The molecule has 6 rings (SSSR count). The predicted molar refractivity (Wildman–Crippen MR) is 140 cm³/mol. The number of fused-ring (bicyclic) bond motifs is 3. The first-order valence-electron chi connectivity index (χ1n) is 11.8. The van der Waals surface area contributed by atoms with Gasteiger partial charge in [0.2, 0.25) is 0 Å². The van der Waals surface area contributed by atoms with Crippen LogP contribution in [0.15, 0.2) is 59.7 Å². The molecular formula is C27H26ClN3O3S. The van der Waals surface area contributed by atoms with Crippen LogP contribution < -0.4 is 15.0 Å². The molecule has 2 aliphatic rings. The topological polar surface area (TPSA) is 56.6 Å². The summed E-state index contributed by atoms with van der Waals surface area (Å²) in [7, 11) is 3.86. The highest BCUT2D eigenvalue weighted by atomic mass is 35.5. The van der Waals surface area contributed by atoms with E-state index in [1.165, 1.54) is 24.2 Å². The molecule has 0 amide bonds. The minimum Gasteiger partial charge on any atom is -0.493 e. The number of aromatic nitrogens is 2. The quantitative estimate of drug-likeness (QED) is 0.342. The fourth-order valence-corrected chi connectivity index (χ4v) is 6.57. The monoisotopic (exact) mass is 507 g/mol. The van der Waals surface area contributed by atoms with Gasteiger partial charge in [0, 0.05) is 28.0 Å². The summed E-state index contributed by atoms with van der Waals surface area (Å²) >= 11 is 7.46. The van der Waals surface area contributed by atoms with Crippen molar-refractivity contribution < 1.29 is 9.47 Å². The molecule has 35 heavy (non-hydrogen) atoms. The molecule has 0 spiro atoms. The van der Waals surface area contributed by atoms with Crippen LogP contribution in [0.3, 0.4) is 0 Å². The van der Waals surface area contributed by atoms with Gasteiger partial charge in [-0.15, -0.1) is 11.3 Å². The maximum atomic E-state index is 13.4. The van der Waals surface area contributed by atoms with Crippen LogP contribution in [-0.2, 0) is 0 Å². The lowest BCUT2D eigenvalue weighted by Crippen LogP contribution is -2.43. The van der Waals surface area contributed by atoms with Gasteiger partial charge in [0.1, 0.15) is 17.1 Å². The van der Waals surface area contributed by atoms with Crippen LogP contribution in [0.5, 0.6) is 11.5 Å². The summed E-state index contributed by atoms with van der Waals surface area (Å²) in [6.45, 7) is 0. The third-order valence-corrected chi connectivity index (χ3v) is 8.75. The summed E-state index contributed by atoms with van der Waals surface area (Å²) in [5.74, 6) is 1.34. The molecule has 2 saturated heterocycles. The van der Waals surface area contributed by atoms with Crippen molar-refractivity contribution in [2.75, 3.05) is 14.2 Å². The average Bonchev–Trinajstić information content (AvgIpc) is 3.37. The number of hydrogen-bond donors (Lipinski definition) is 0. The zero-order valence-corrected chi connectivity index (χ0v) is 21.2. The summed E-state index contributed by atoms with van der Waals surface area (Å²) in [5.41, 5.74) is 2.28. The number of methoxy groups -OCH3 is 1. The molecule has 4 heterocycles. The van der Waals surface area contributed by atoms with E-state index < -0.39 is 0 Å². The molecule has 0 unspecified atom stereocenters.